The van der Waals surface area contributed by atoms with Crippen molar-refractivity contribution in [2.45, 2.75) is 13.8 Å². The largest absolute Gasteiger partial charge is 0.492 e. The van der Waals surface area contributed by atoms with E-state index in [1.54, 1.807) is 19.9 Å². The fraction of sp³-hybridized carbons (Fsp3) is 0.250. The average molecular weight is 250 g/mol. The lowest BCUT2D eigenvalue weighted by Crippen LogP contribution is -2.27. The summed E-state index contributed by atoms with van der Waals surface area (Å²) in [5.74, 6) is -1.37. The maximum Gasteiger partial charge on any atom is 0.349 e. The lowest BCUT2D eigenvalue weighted by Gasteiger charge is -2.08. The number of aromatic hydroxyl groups is 1. The summed E-state index contributed by atoms with van der Waals surface area (Å²) in [6.07, 6.45) is 4.37. The molecule has 0 amide bonds. The Labute approximate surface area is 104 Å². The number of nitrogens with zero attached hydrogens (tertiary/aromatic N) is 2. The number of allylic oxidation sites excluding steroid dienone is 1. The highest BCUT2D eigenvalue weighted by atomic mass is 16.5. The molecule has 0 bridgehead atoms. The van der Waals surface area contributed by atoms with Gasteiger partial charge in [0.15, 0.2) is 5.56 Å². The molecule has 0 spiro atoms. The van der Waals surface area contributed by atoms with E-state index in [0.29, 0.717) is 0 Å². The number of carbonyl (C=O) groups excluding carboxylic acids is 1. The highest BCUT2D eigenvalue weighted by Crippen LogP contribution is 2.12. The summed E-state index contributed by atoms with van der Waals surface area (Å²) in [5, 5.41) is 9.62. The van der Waals surface area contributed by atoms with Crippen molar-refractivity contribution in [3.63, 3.8) is 0 Å². The molecule has 0 aromatic carbocycles. The number of hydrogen-bond acceptors (Lipinski definition) is 5. The van der Waals surface area contributed by atoms with Gasteiger partial charge in [-0.25, -0.2) is 4.79 Å². The molecule has 6 nitrogen and oxygen atoms in total. The molecule has 1 N–H and O–H groups in total. The van der Waals surface area contributed by atoms with Crippen molar-refractivity contribution in [1.29, 1.82) is 0 Å². The van der Waals surface area contributed by atoms with Crippen molar-refractivity contribution in [2.24, 2.45) is 0 Å². The van der Waals surface area contributed by atoms with Gasteiger partial charge in [-0.3, -0.25) is 9.36 Å². The molecular weight excluding hydrogens is 236 g/mol. The molecule has 0 radical (unpaired) electrons. The zero-order valence-electron chi connectivity index (χ0n) is 10.2. The SMILES string of the molecule is C=Cn1c(C=CC)nc(O)c(C(=O)OCC)c1=O. The Morgan fingerprint density at radius 2 is 2.28 bits per heavy atom. The van der Waals surface area contributed by atoms with E-state index in [1.165, 1.54) is 12.3 Å². The molecule has 0 fully saturated rings. The van der Waals surface area contributed by atoms with E-state index in [4.69, 9.17) is 0 Å². The molecule has 0 aliphatic heterocycles. The van der Waals surface area contributed by atoms with Crippen molar-refractivity contribution >= 4 is 18.2 Å². The quantitative estimate of drug-likeness (QED) is 0.813. The number of rotatable bonds is 4. The molecule has 1 aromatic rings. The number of hydrogen-bond donors (Lipinski definition) is 1. The molecule has 0 unspecified atom stereocenters. The van der Waals surface area contributed by atoms with Crippen molar-refractivity contribution in [3.05, 3.63) is 34.4 Å². The minimum Gasteiger partial charge on any atom is -0.492 e. The molecular formula is C12H14N2O4. The van der Waals surface area contributed by atoms with Gasteiger partial charge in [-0.05, 0) is 19.9 Å². The maximum absolute atomic E-state index is 12.0. The Bertz CT molecular complexity index is 558. The Morgan fingerprint density at radius 1 is 1.61 bits per heavy atom. The summed E-state index contributed by atoms with van der Waals surface area (Å²) in [4.78, 5) is 27.3. The normalized spacial score (nSPS) is 10.6. The predicted octanol–water partition coefficient (Wildman–Crippen LogP) is 1.26. The van der Waals surface area contributed by atoms with Crippen molar-refractivity contribution < 1.29 is 14.6 Å². The number of esters is 1. The van der Waals surface area contributed by atoms with Crippen molar-refractivity contribution in [2.75, 3.05) is 6.61 Å². The fourth-order valence-corrected chi connectivity index (χ4v) is 1.36. The first kappa shape index (κ1) is 13.7. The van der Waals surface area contributed by atoms with Gasteiger partial charge in [0, 0.05) is 6.20 Å². The second-order valence-electron chi connectivity index (χ2n) is 3.25. The van der Waals surface area contributed by atoms with Gasteiger partial charge in [0.2, 0.25) is 5.88 Å². The standard InChI is InChI=1S/C12H14N2O4/c1-4-7-8-13-10(15)9(12(17)18-6-3)11(16)14(8)5-2/h4-5,7,15H,2,6H2,1,3H3. The van der Waals surface area contributed by atoms with Crippen LogP contribution in [0.3, 0.4) is 0 Å². The first-order valence-electron chi connectivity index (χ1n) is 5.34. The molecule has 0 aliphatic rings. The second-order valence-corrected chi connectivity index (χ2v) is 3.25. The van der Waals surface area contributed by atoms with Crippen LogP contribution in [0.1, 0.15) is 30.0 Å². The van der Waals surface area contributed by atoms with Gasteiger partial charge in [0.05, 0.1) is 6.61 Å². The highest BCUT2D eigenvalue weighted by Gasteiger charge is 2.21. The molecule has 0 saturated heterocycles. The third kappa shape index (κ3) is 2.48. The molecule has 1 aromatic heterocycles. The highest BCUT2D eigenvalue weighted by molar-refractivity contribution is 5.91. The first-order valence-corrected chi connectivity index (χ1v) is 5.34. The van der Waals surface area contributed by atoms with E-state index < -0.39 is 23.0 Å². The smallest absolute Gasteiger partial charge is 0.349 e. The van der Waals surface area contributed by atoms with Crippen LogP contribution < -0.4 is 5.56 Å². The van der Waals surface area contributed by atoms with Gasteiger partial charge >= 0.3 is 5.97 Å². The van der Waals surface area contributed by atoms with Crippen LogP contribution in [0.4, 0.5) is 0 Å². The van der Waals surface area contributed by atoms with Crippen LogP contribution in [0.15, 0.2) is 17.4 Å². The third-order valence-electron chi connectivity index (χ3n) is 2.10. The summed E-state index contributed by atoms with van der Waals surface area (Å²) in [6, 6.07) is 0. The minimum absolute atomic E-state index is 0.0996. The summed E-state index contributed by atoms with van der Waals surface area (Å²) in [6.45, 7) is 6.90. The van der Waals surface area contributed by atoms with Crippen LogP contribution in [-0.4, -0.2) is 27.2 Å². The van der Waals surface area contributed by atoms with Crippen LogP contribution in [0.25, 0.3) is 12.3 Å². The van der Waals surface area contributed by atoms with Gasteiger partial charge < -0.3 is 9.84 Å². The first-order chi connectivity index (χ1) is 8.56. The van der Waals surface area contributed by atoms with E-state index >= 15 is 0 Å². The summed E-state index contributed by atoms with van der Waals surface area (Å²) in [7, 11) is 0. The number of aromatic nitrogens is 2. The molecule has 6 heteroatoms. The number of carbonyl (C=O) groups is 1. The number of ether oxygens (including phenoxy) is 1. The Morgan fingerprint density at radius 3 is 2.78 bits per heavy atom. The van der Waals surface area contributed by atoms with Gasteiger partial charge in [0.25, 0.3) is 5.56 Å². The average Bonchev–Trinajstić information content (AvgIpc) is 2.29. The van der Waals surface area contributed by atoms with E-state index in [0.717, 1.165) is 4.57 Å². The zero-order chi connectivity index (χ0) is 13.7. The third-order valence-corrected chi connectivity index (χ3v) is 2.10. The minimum atomic E-state index is -0.907. The molecule has 1 rings (SSSR count). The molecule has 0 saturated carbocycles. The zero-order valence-corrected chi connectivity index (χ0v) is 10.2. The summed E-state index contributed by atoms with van der Waals surface area (Å²) >= 11 is 0. The predicted molar refractivity (Wildman–Crippen MR) is 67.2 cm³/mol. The lowest BCUT2D eigenvalue weighted by atomic mass is 10.3. The van der Waals surface area contributed by atoms with Crippen LogP contribution in [0.2, 0.25) is 0 Å². The molecule has 0 aliphatic carbocycles. The second kappa shape index (κ2) is 5.81. The molecule has 96 valence electrons. The van der Waals surface area contributed by atoms with E-state index in [9.17, 15) is 14.7 Å². The lowest BCUT2D eigenvalue weighted by molar-refractivity contribution is 0.0519. The van der Waals surface area contributed by atoms with Crippen molar-refractivity contribution in [3.8, 4) is 5.88 Å². The Kier molecular flexibility index (Phi) is 4.42. The van der Waals surface area contributed by atoms with E-state index in [-0.39, 0.29) is 12.4 Å². The van der Waals surface area contributed by atoms with Crippen molar-refractivity contribution in [1.82, 2.24) is 9.55 Å². The molecule has 1 heterocycles. The van der Waals surface area contributed by atoms with Gasteiger partial charge in [0.1, 0.15) is 5.82 Å². The van der Waals surface area contributed by atoms with Crippen LogP contribution in [0, 0.1) is 0 Å². The van der Waals surface area contributed by atoms with Crippen LogP contribution in [0.5, 0.6) is 5.88 Å². The van der Waals surface area contributed by atoms with Crippen LogP contribution in [-0.2, 0) is 4.74 Å². The fourth-order valence-electron chi connectivity index (χ4n) is 1.36. The van der Waals surface area contributed by atoms with Crippen LogP contribution >= 0.6 is 0 Å². The monoisotopic (exact) mass is 250 g/mol. The summed E-state index contributed by atoms with van der Waals surface area (Å²) in [5.41, 5.74) is -1.21. The van der Waals surface area contributed by atoms with Gasteiger partial charge in [-0.15, -0.1) is 0 Å². The van der Waals surface area contributed by atoms with Gasteiger partial charge in [-0.1, -0.05) is 12.7 Å². The summed E-state index contributed by atoms with van der Waals surface area (Å²) < 4.78 is 5.75. The topological polar surface area (TPSA) is 81.4 Å². The Balaban J connectivity index is 3.52. The van der Waals surface area contributed by atoms with E-state index in [1.807, 2.05) is 0 Å². The van der Waals surface area contributed by atoms with E-state index in [2.05, 4.69) is 16.3 Å². The molecule has 18 heavy (non-hydrogen) atoms. The maximum atomic E-state index is 12.0. The Hall–Kier alpha value is -2.37. The molecule has 0 atom stereocenters. The van der Waals surface area contributed by atoms with Gasteiger partial charge in [-0.2, -0.15) is 4.98 Å².